The molecule has 1 aliphatic carbocycles. The van der Waals surface area contributed by atoms with Crippen LogP contribution in [0, 0.1) is 0 Å². The van der Waals surface area contributed by atoms with E-state index in [1.165, 1.54) is 12.3 Å². The maximum absolute atomic E-state index is 12.4. The van der Waals surface area contributed by atoms with Gasteiger partial charge in [-0.25, -0.2) is 0 Å². The maximum Gasteiger partial charge on any atom is 0.190 e. The van der Waals surface area contributed by atoms with E-state index in [-0.39, 0.29) is 11.6 Å². The smallest absolute Gasteiger partial charge is 0.190 e. The van der Waals surface area contributed by atoms with Gasteiger partial charge in [0, 0.05) is 35.0 Å². The Morgan fingerprint density at radius 3 is 2.45 bits per heavy atom. The number of hydrogen-bond donors (Lipinski definition) is 0. The summed E-state index contributed by atoms with van der Waals surface area (Å²) in [5.41, 5.74) is 2.10. The molecule has 0 amide bonds. The van der Waals surface area contributed by atoms with Gasteiger partial charge in [0.2, 0.25) is 0 Å². The second kappa shape index (κ2) is 5.02. The normalized spacial score (nSPS) is 13.9. The zero-order valence-electron chi connectivity index (χ0n) is 10.5. The molecular formula is C16H10ClNO2. The number of aromatic nitrogens is 1. The molecule has 1 heterocycles. The Labute approximate surface area is 120 Å². The fourth-order valence-electron chi connectivity index (χ4n) is 2.21. The Morgan fingerprint density at radius 2 is 1.75 bits per heavy atom. The molecule has 4 heteroatoms. The summed E-state index contributed by atoms with van der Waals surface area (Å²) >= 11 is 5.78. The minimum absolute atomic E-state index is 0.114. The molecule has 1 aromatic carbocycles. The number of hydrogen-bond acceptors (Lipinski definition) is 3. The molecule has 1 aliphatic rings. The van der Waals surface area contributed by atoms with E-state index in [2.05, 4.69) is 4.98 Å². The van der Waals surface area contributed by atoms with E-state index >= 15 is 0 Å². The number of fused-ring (bicyclic) bond motifs is 1. The first-order chi connectivity index (χ1) is 9.65. The summed E-state index contributed by atoms with van der Waals surface area (Å²) < 4.78 is 0. The number of Topliss-reactive ketones (excluding diaryl/α,β-unsaturated/α-hetero) is 1. The van der Waals surface area contributed by atoms with Gasteiger partial charge >= 0.3 is 0 Å². The van der Waals surface area contributed by atoms with Gasteiger partial charge in [0.25, 0.3) is 0 Å². The highest BCUT2D eigenvalue weighted by atomic mass is 35.5. The van der Waals surface area contributed by atoms with Crippen LogP contribution >= 0.6 is 11.6 Å². The first-order valence-corrected chi connectivity index (χ1v) is 6.52. The van der Waals surface area contributed by atoms with Gasteiger partial charge in [-0.1, -0.05) is 35.9 Å². The number of nitrogens with zero attached hydrogens (tertiary/aromatic N) is 1. The Balaban J connectivity index is 1.94. The van der Waals surface area contributed by atoms with Crippen molar-refractivity contribution in [3.05, 3.63) is 76.1 Å². The van der Waals surface area contributed by atoms with Crippen molar-refractivity contribution in [1.29, 1.82) is 0 Å². The highest BCUT2D eigenvalue weighted by Gasteiger charge is 2.25. The summed E-state index contributed by atoms with van der Waals surface area (Å²) in [5.74, 6) is -0.249. The van der Waals surface area contributed by atoms with E-state index < -0.39 is 0 Å². The van der Waals surface area contributed by atoms with Crippen molar-refractivity contribution >= 4 is 23.2 Å². The minimum atomic E-state index is -0.135. The molecule has 0 N–H and O–H groups in total. The molecule has 1 aromatic heterocycles. The first-order valence-electron chi connectivity index (χ1n) is 6.14. The molecule has 3 rings (SSSR count). The number of allylic oxidation sites excluding steroid dienone is 2. The predicted molar refractivity (Wildman–Crippen MR) is 76.1 cm³/mol. The van der Waals surface area contributed by atoms with Crippen molar-refractivity contribution in [3.8, 4) is 0 Å². The monoisotopic (exact) mass is 283 g/mol. The Bertz CT molecular complexity index is 732. The van der Waals surface area contributed by atoms with Gasteiger partial charge in [-0.2, -0.15) is 0 Å². The molecule has 3 nitrogen and oxygen atoms in total. The summed E-state index contributed by atoms with van der Waals surface area (Å²) in [6, 6.07) is 10.3. The first kappa shape index (κ1) is 12.8. The Morgan fingerprint density at radius 1 is 1.00 bits per heavy atom. The van der Waals surface area contributed by atoms with E-state index in [0.717, 1.165) is 0 Å². The van der Waals surface area contributed by atoms with Crippen LogP contribution in [0.2, 0.25) is 5.02 Å². The summed E-state index contributed by atoms with van der Waals surface area (Å²) in [6.07, 6.45) is 3.26. The average Bonchev–Trinajstić information content (AvgIpc) is 2.47. The van der Waals surface area contributed by atoms with Crippen LogP contribution in [0.25, 0.3) is 0 Å². The lowest BCUT2D eigenvalue weighted by molar-refractivity contribution is 0.0982. The minimum Gasteiger partial charge on any atom is -0.289 e. The largest absolute Gasteiger partial charge is 0.289 e. The molecule has 2 aromatic rings. The molecule has 0 unspecified atom stereocenters. The quantitative estimate of drug-likeness (QED) is 0.850. The summed E-state index contributed by atoms with van der Waals surface area (Å²) in [7, 11) is 0. The fraction of sp³-hybridized carbons (Fsp3) is 0.0625. The van der Waals surface area contributed by atoms with Gasteiger partial charge in [0.15, 0.2) is 11.6 Å². The highest BCUT2D eigenvalue weighted by molar-refractivity contribution is 6.30. The molecule has 0 atom stereocenters. The fourth-order valence-corrected chi connectivity index (χ4v) is 2.32. The summed E-state index contributed by atoms with van der Waals surface area (Å²) in [6.45, 7) is 0. The molecule has 0 spiro atoms. The van der Waals surface area contributed by atoms with E-state index in [9.17, 15) is 9.59 Å². The zero-order valence-corrected chi connectivity index (χ0v) is 11.2. The van der Waals surface area contributed by atoms with Crippen molar-refractivity contribution in [2.45, 2.75) is 6.42 Å². The van der Waals surface area contributed by atoms with Crippen LogP contribution in [0.1, 0.15) is 26.4 Å². The van der Waals surface area contributed by atoms with Crippen LogP contribution in [0.3, 0.4) is 0 Å². The number of carbonyl (C=O) groups excluding carboxylic acids is 2. The molecule has 0 saturated carbocycles. The van der Waals surface area contributed by atoms with Crippen molar-refractivity contribution in [2.24, 2.45) is 0 Å². The van der Waals surface area contributed by atoms with Gasteiger partial charge in [0.1, 0.15) is 0 Å². The van der Waals surface area contributed by atoms with Crippen LogP contribution in [0.15, 0.2) is 54.2 Å². The SMILES string of the molecule is O=C1C=C(Cc2ccc(Cl)cn2)C(=O)c2ccccc21. The van der Waals surface area contributed by atoms with Gasteiger partial charge < -0.3 is 0 Å². The molecule has 0 fully saturated rings. The van der Waals surface area contributed by atoms with Gasteiger partial charge in [-0.15, -0.1) is 0 Å². The second-order valence-corrected chi connectivity index (χ2v) is 4.99. The lowest BCUT2D eigenvalue weighted by Crippen LogP contribution is -2.18. The molecule has 0 bridgehead atoms. The van der Waals surface area contributed by atoms with Crippen molar-refractivity contribution in [1.82, 2.24) is 4.98 Å². The lowest BCUT2D eigenvalue weighted by Gasteiger charge is -2.14. The number of ketones is 2. The number of pyridine rings is 1. The highest BCUT2D eigenvalue weighted by Crippen LogP contribution is 2.23. The number of rotatable bonds is 2. The number of benzene rings is 1. The predicted octanol–water partition coefficient (Wildman–Crippen LogP) is 3.28. The summed E-state index contributed by atoms with van der Waals surface area (Å²) in [5, 5.41) is 0.541. The topological polar surface area (TPSA) is 47.0 Å². The Hall–Kier alpha value is -2.26. The average molecular weight is 284 g/mol. The van der Waals surface area contributed by atoms with Crippen molar-refractivity contribution in [3.63, 3.8) is 0 Å². The number of halogens is 1. The van der Waals surface area contributed by atoms with Gasteiger partial charge in [-0.05, 0) is 18.2 Å². The van der Waals surface area contributed by atoms with Crippen molar-refractivity contribution in [2.75, 3.05) is 0 Å². The Kier molecular flexibility index (Phi) is 3.20. The third-order valence-electron chi connectivity index (χ3n) is 3.19. The third-order valence-corrected chi connectivity index (χ3v) is 3.42. The zero-order chi connectivity index (χ0) is 14.1. The molecule has 20 heavy (non-hydrogen) atoms. The third kappa shape index (κ3) is 2.28. The van der Waals surface area contributed by atoms with Gasteiger partial charge in [0.05, 0.1) is 5.02 Å². The van der Waals surface area contributed by atoms with Gasteiger partial charge in [-0.3, -0.25) is 14.6 Å². The molecule has 98 valence electrons. The standard InChI is InChI=1S/C16H10ClNO2/c17-11-5-6-12(18-9-11)7-10-8-15(19)13-3-1-2-4-14(13)16(10)20/h1-6,8-9H,7H2. The van der Waals surface area contributed by atoms with Crippen molar-refractivity contribution < 1.29 is 9.59 Å². The van der Waals surface area contributed by atoms with E-state index in [1.54, 1.807) is 36.4 Å². The van der Waals surface area contributed by atoms with Crippen LogP contribution in [-0.2, 0) is 6.42 Å². The van der Waals surface area contributed by atoms with Crippen LogP contribution in [0.5, 0.6) is 0 Å². The lowest BCUT2D eigenvalue weighted by atomic mass is 9.87. The molecular weight excluding hydrogens is 274 g/mol. The molecule has 0 saturated heterocycles. The summed E-state index contributed by atoms with van der Waals surface area (Å²) in [4.78, 5) is 28.5. The maximum atomic E-state index is 12.4. The molecule has 0 radical (unpaired) electrons. The van der Waals surface area contributed by atoms with E-state index in [4.69, 9.17) is 11.6 Å². The second-order valence-electron chi connectivity index (χ2n) is 4.55. The van der Waals surface area contributed by atoms with E-state index in [1.807, 2.05) is 0 Å². The number of carbonyl (C=O) groups is 2. The van der Waals surface area contributed by atoms with Crippen LogP contribution in [-0.4, -0.2) is 16.6 Å². The van der Waals surface area contributed by atoms with Crippen LogP contribution < -0.4 is 0 Å². The molecule has 0 aliphatic heterocycles. The van der Waals surface area contributed by atoms with E-state index in [0.29, 0.717) is 33.8 Å². The van der Waals surface area contributed by atoms with Crippen LogP contribution in [0.4, 0.5) is 0 Å².